The van der Waals surface area contributed by atoms with Gasteiger partial charge in [-0.25, -0.2) is 0 Å². The van der Waals surface area contributed by atoms with Crippen LogP contribution in [0, 0.1) is 17.8 Å². The molecule has 0 bridgehead atoms. The summed E-state index contributed by atoms with van der Waals surface area (Å²) >= 11 is 0. The first kappa shape index (κ1) is 9.46. The maximum atomic E-state index is 5.31. The molecule has 1 N–H and O–H groups in total. The van der Waals surface area contributed by atoms with Crippen LogP contribution in [-0.2, 0) is 6.54 Å². The summed E-state index contributed by atoms with van der Waals surface area (Å²) < 4.78 is 5.31. The lowest BCUT2D eigenvalue weighted by Gasteiger charge is -2.15. The maximum Gasteiger partial charge on any atom is 0.117 e. The van der Waals surface area contributed by atoms with Crippen LogP contribution in [0.1, 0.15) is 31.4 Å². The second-order valence-corrected chi connectivity index (χ2v) is 5.05. The van der Waals surface area contributed by atoms with E-state index in [9.17, 15) is 0 Å². The van der Waals surface area contributed by atoms with Crippen molar-refractivity contribution in [1.29, 1.82) is 0 Å². The highest BCUT2D eigenvalue weighted by atomic mass is 16.3. The fourth-order valence-electron chi connectivity index (χ4n) is 2.54. The first-order chi connectivity index (χ1) is 7.43. The summed E-state index contributed by atoms with van der Waals surface area (Å²) in [6, 6.07) is 3.99. The molecule has 0 unspecified atom stereocenters. The van der Waals surface area contributed by atoms with Crippen molar-refractivity contribution >= 4 is 0 Å². The Bertz CT molecular complexity index is 286. The first-order valence-electron chi connectivity index (χ1n) is 6.16. The van der Waals surface area contributed by atoms with E-state index >= 15 is 0 Å². The molecule has 0 aromatic carbocycles. The molecular weight excluding hydrogens is 186 g/mol. The lowest BCUT2D eigenvalue weighted by molar-refractivity contribution is 0.368. The lowest BCUT2D eigenvalue weighted by atomic mass is 9.98. The fourth-order valence-corrected chi connectivity index (χ4v) is 2.54. The van der Waals surface area contributed by atoms with Crippen LogP contribution in [0.5, 0.6) is 0 Å². The van der Waals surface area contributed by atoms with Crippen molar-refractivity contribution in [2.75, 3.05) is 6.54 Å². The highest BCUT2D eigenvalue weighted by Crippen LogP contribution is 2.48. The first-order valence-corrected chi connectivity index (χ1v) is 6.16. The van der Waals surface area contributed by atoms with Gasteiger partial charge in [-0.1, -0.05) is 0 Å². The Balaban J connectivity index is 1.44. The van der Waals surface area contributed by atoms with Crippen LogP contribution in [0.3, 0.4) is 0 Å². The van der Waals surface area contributed by atoms with E-state index in [0.717, 1.165) is 30.1 Å². The van der Waals surface area contributed by atoms with E-state index in [0.29, 0.717) is 0 Å². The highest BCUT2D eigenvalue weighted by Gasteiger charge is 2.40. The van der Waals surface area contributed by atoms with Crippen LogP contribution < -0.4 is 5.32 Å². The van der Waals surface area contributed by atoms with Crippen LogP contribution >= 0.6 is 0 Å². The molecule has 0 atom stereocenters. The molecule has 1 aromatic heterocycles. The van der Waals surface area contributed by atoms with Gasteiger partial charge < -0.3 is 9.73 Å². The molecule has 0 saturated heterocycles. The summed E-state index contributed by atoms with van der Waals surface area (Å²) in [6.07, 6.45) is 7.65. The zero-order valence-corrected chi connectivity index (χ0v) is 9.11. The standard InChI is InChI=1S/C13H19NO/c1-2-12(15-7-1)8-14-9-13(10-3-4-10)11-5-6-11/h1-2,7,10-11,13-14H,3-6,8-9H2. The highest BCUT2D eigenvalue weighted by molar-refractivity contribution is 4.98. The molecule has 82 valence electrons. The SMILES string of the molecule is c1coc(CNCC(C2CC2)C2CC2)c1. The van der Waals surface area contributed by atoms with Gasteiger partial charge in [0.1, 0.15) is 5.76 Å². The molecule has 2 fully saturated rings. The molecule has 15 heavy (non-hydrogen) atoms. The molecule has 1 heterocycles. The van der Waals surface area contributed by atoms with Crippen molar-refractivity contribution in [3.8, 4) is 0 Å². The second kappa shape index (κ2) is 4.01. The number of nitrogens with one attached hydrogen (secondary N) is 1. The zero-order valence-electron chi connectivity index (χ0n) is 9.11. The zero-order chi connectivity index (χ0) is 10.1. The predicted molar refractivity (Wildman–Crippen MR) is 59.4 cm³/mol. The molecule has 0 amide bonds. The van der Waals surface area contributed by atoms with Gasteiger partial charge in [0, 0.05) is 0 Å². The third-order valence-corrected chi connectivity index (χ3v) is 3.71. The summed E-state index contributed by atoms with van der Waals surface area (Å²) in [5, 5.41) is 3.54. The van der Waals surface area contributed by atoms with E-state index in [1.54, 1.807) is 6.26 Å². The van der Waals surface area contributed by atoms with E-state index in [4.69, 9.17) is 4.42 Å². The number of furan rings is 1. The normalized spacial score (nSPS) is 21.1. The Morgan fingerprint density at radius 2 is 2.00 bits per heavy atom. The number of rotatable bonds is 6. The van der Waals surface area contributed by atoms with Crippen LogP contribution in [0.2, 0.25) is 0 Å². The van der Waals surface area contributed by atoms with Crippen molar-refractivity contribution in [3.05, 3.63) is 24.2 Å². The van der Waals surface area contributed by atoms with Gasteiger partial charge in [-0.05, 0) is 62.1 Å². The summed E-state index contributed by atoms with van der Waals surface area (Å²) in [7, 11) is 0. The van der Waals surface area contributed by atoms with E-state index < -0.39 is 0 Å². The third kappa shape index (κ3) is 2.43. The van der Waals surface area contributed by atoms with E-state index in [1.807, 2.05) is 12.1 Å². The topological polar surface area (TPSA) is 25.2 Å². The van der Waals surface area contributed by atoms with Crippen LogP contribution in [0.4, 0.5) is 0 Å². The fraction of sp³-hybridized carbons (Fsp3) is 0.692. The number of hydrogen-bond donors (Lipinski definition) is 1. The minimum absolute atomic E-state index is 0.892. The smallest absolute Gasteiger partial charge is 0.117 e. The Morgan fingerprint density at radius 3 is 2.53 bits per heavy atom. The van der Waals surface area contributed by atoms with Gasteiger partial charge in [-0.3, -0.25) is 0 Å². The minimum atomic E-state index is 0.892. The van der Waals surface area contributed by atoms with Crippen LogP contribution in [-0.4, -0.2) is 6.54 Å². The van der Waals surface area contributed by atoms with Crippen molar-refractivity contribution in [2.24, 2.45) is 17.8 Å². The Labute approximate surface area is 91.0 Å². The van der Waals surface area contributed by atoms with Gasteiger partial charge in [0.2, 0.25) is 0 Å². The molecule has 3 rings (SSSR count). The monoisotopic (exact) mass is 205 g/mol. The average Bonchev–Trinajstić information content (AvgIpc) is 3.15. The minimum Gasteiger partial charge on any atom is -0.468 e. The number of hydrogen-bond acceptors (Lipinski definition) is 2. The van der Waals surface area contributed by atoms with Crippen LogP contribution in [0.15, 0.2) is 22.8 Å². The Kier molecular flexibility index (Phi) is 2.53. The molecule has 0 aliphatic heterocycles. The molecule has 2 nitrogen and oxygen atoms in total. The van der Waals surface area contributed by atoms with Crippen molar-refractivity contribution in [2.45, 2.75) is 32.2 Å². The molecule has 0 radical (unpaired) electrons. The Hall–Kier alpha value is -0.760. The van der Waals surface area contributed by atoms with Gasteiger partial charge >= 0.3 is 0 Å². The largest absolute Gasteiger partial charge is 0.468 e. The molecule has 2 aliphatic carbocycles. The van der Waals surface area contributed by atoms with Gasteiger partial charge in [0.05, 0.1) is 12.8 Å². The van der Waals surface area contributed by atoms with Gasteiger partial charge in [0.15, 0.2) is 0 Å². The summed E-state index contributed by atoms with van der Waals surface area (Å²) in [6.45, 7) is 2.08. The third-order valence-electron chi connectivity index (χ3n) is 3.71. The van der Waals surface area contributed by atoms with E-state index in [-0.39, 0.29) is 0 Å². The van der Waals surface area contributed by atoms with Gasteiger partial charge in [-0.15, -0.1) is 0 Å². The maximum absolute atomic E-state index is 5.31. The summed E-state index contributed by atoms with van der Waals surface area (Å²) in [4.78, 5) is 0. The second-order valence-electron chi connectivity index (χ2n) is 5.05. The van der Waals surface area contributed by atoms with E-state index in [1.165, 1.54) is 32.2 Å². The molecular formula is C13H19NO. The van der Waals surface area contributed by atoms with Gasteiger partial charge in [0.25, 0.3) is 0 Å². The molecule has 2 heteroatoms. The molecule has 2 aliphatic rings. The Morgan fingerprint density at radius 1 is 1.27 bits per heavy atom. The molecule has 0 spiro atoms. The van der Waals surface area contributed by atoms with Crippen molar-refractivity contribution in [1.82, 2.24) is 5.32 Å². The molecule has 1 aromatic rings. The quantitative estimate of drug-likeness (QED) is 0.772. The molecule has 2 saturated carbocycles. The average molecular weight is 205 g/mol. The van der Waals surface area contributed by atoms with Crippen molar-refractivity contribution in [3.63, 3.8) is 0 Å². The van der Waals surface area contributed by atoms with Gasteiger partial charge in [-0.2, -0.15) is 0 Å². The van der Waals surface area contributed by atoms with E-state index in [2.05, 4.69) is 5.32 Å². The summed E-state index contributed by atoms with van der Waals surface area (Å²) in [5.74, 6) is 4.10. The predicted octanol–water partition coefficient (Wildman–Crippen LogP) is 2.81. The van der Waals surface area contributed by atoms with Crippen LogP contribution in [0.25, 0.3) is 0 Å². The van der Waals surface area contributed by atoms with Crippen molar-refractivity contribution < 1.29 is 4.42 Å². The lowest BCUT2D eigenvalue weighted by Crippen LogP contribution is -2.25. The summed E-state index contributed by atoms with van der Waals surface area (Å²) in [5.41, 5.74) is 0.